The molecule has 3 heteroatoms. The summed E-state index contributed by atoms with van der Waals surface area (Å²) in [6.45, 7) is 12.7. The van der Waals surface area contributed by atoms with Crippen molar-refractivity contribution in [3.8, 4) is 11.8 Å². The predicted octanol–water partition coefficient (Wildman–Crippen LogP) is 4.41. The Morgan fingerprint density at radius 2 is 1.62 bits per heavy atom. The highest BCUT2D eigenvalue weighted by molar-refractivity contribution is 5.89. The average Bonchev–Trinajstić information content (AvgIpc) is 2.35. The summed E-state index contributed by atoms with van der Waals surface area (Å²) in [5.41, 5.74) is 2.88. The standard InChI is InChI=1S/C18H22N2O/c1-17(2,3)13-9-15(18(4,5)6)20-16-12(13)7-11(10-19)8-14(16)21/h7-9,21H,1-6H3. The smallest absolute Gasteiger partial charge is 0.143 e. The molecule has 0 unspecified atom stereocenters. The average molecular weight is 282 g/mol. The second-order valence-corrected chi connectivity index (χ2v) is 7.56. The van der Waals surface area contributed by atoms with Gasteiger partial charge < -0.3 is 5.11 Å². The maximum atomic E-state index is 10.2. The molecule has 0 atom stereocenters. The highest BCUT2D eigenvalue weighted by Crippen LogP contribution is 2.36. The van der Waals surface area contributed by atoms with Crippen molar-refractivity contribution >= 4 is 10.9 Å². The minimum absolute atomic E-state index is 0.0700. The second-order valence-electron chi connectivity index (χ2n) is 7.56. The number of hydrogen-bond donors (Lipinski definition) is 1. The molecule has 1 N–H and O–H groups in total. The van der Waals surface area contributed by atoms with Gasteiger partial charge in [0, 0.05) is 16.5 Å². The Labute approximate surface area is 126 Å². The molecule has 3 nitrogen and oxygen atoms in total. The van der Waals surface area contributed by atoms with Crippen molar-refractivity contribution in [1.82, 2.24) is 4.98 Å². The molecule has 0 aliphatic heterocycles. The Bertz CT molecular complexity index is 741. The van der Waals surface area contributed by atoms with Crippen LogP contribution in [0.3, 0.4) is 0 Å². The van der Waals surface area contributed by atoms with Crippen molar-refractivity contribution in [3.63, 3.8) is 0 Å². The SMILES string of the molecule is CC(C)(C)c1cc(C(C)(C)C)c2cc(C#N)cc(O)c2n1. The van der Waals surface area contributed by atoms with E-state index in [1.807, 2.05) is 6.07 Å². The minimum Gasteiger partial charge on any atom is -0.506 e. The summed E-state index contributed by atoms with van der Waals surface area (Å²) in [6, 6.07) is 7.49. The number of nitrogens with zero attached hydrogens (tertiary/aromatic N) is 2. The van der Waals surface area contributed by atoms with Gasteiger partial charge in [-0.3, -0.25) is 0 Å². The van der Waals surface area contributed by atoms with Crippen molar-refractivity contribution < 1.29 is 5.11 Å². The monoisotopic (exact) mass is 282 g/mol. The lowest BCUT2D eigenvalue weighted by molar-refractivity contribution is 0.479. The van der Waals surface area contributed by atoms with Crippen LogP contribution in [0, 0.1) is 11.3 Å². The first-order chi connectivity index (χ1) is 9.54. The van der Waals surface area contributed by atoms with Crippen LogP contribution in [0.1, 0.15) is 58.4 Å². The summed E-state index contributed by atoms with van der Waals surface area (Å²) < 4.78 is 0. The molecular weight excluding hydrogens is 260 g/mol. The van der Waals surface area contributed by atoms with E-state index < -0.39 is 0 Å². The summed E-state index contributed by atoms with van der Waals surface area (Å²) >= 11 is 0. The Morgan fingerprint density at radius 1 is 1.00 bits per heavy atom. The number of hydrogen-bond acceptors (Lipinski definition) is 3. The third-order valence-corrected chi connectivity index (χ3v) is 3.60. The molecule has 21 heavy (non-hydrogen) atoms. The molecule has 0 saturated carbocycles. The largest absolute Gasteiger partial charge is 0.506 e. The molecule has 0 amide bonds. The normalized spacial score (nSPS) is 12.4. The van der Waals surface area contributed by atoms with E-state index in [0.29, 0.717) is 11.1 Å². The third kappa shape index (κ3) is 2.85. The van der Waals surface area contributed by atoms with E-state index in [1.165, 1.54) is 6.07 Å². The molecule has 1 aromatic heterocycles. The molecule has 0 fully saturated rings. The van der Waals surface area contributed by atoms with Crippen molar-refractivity contribution in [1.29, 1.82) is 5.26 Å². The zero-order valence-corrected chi connectivity index (χ0v) is 13.6. The van der Waals surface area contributed by atoms with Gasteiger partial charge in [0.2, 0.25) is 0 Å². The summed E-state index contributed by atoms with van der Waals surface area (Å²) in [6.07, 6.45) is 0. The Morgan fingerprint density at radius 3 is 2.10 bits per heavy atom. The second kappa shape index (κ2) is 4.73. The molecule has 2 aromatic rings. The fourth-order valence-electron chi connectivity index (χ4n) is 2.38. The van der Waals surface area contributed by atoms with Crippen molar-refractivity contribution in [2.45, 2.75) is 52.4 Å². The maximum Gasteiger partial charge on any atom is 0.143 e. The summed E-state index contributed by atoms with van der Waals surface area (Å²) in [7, 11) is 0. The van der Waals surface area contributed by atoms with E-state index in [1.54, 1.807) is 0 Å². The van der Waals surface area contributed by atoms with Gasteiger partial charge in [-0.05, 0) is 29.2 Å². The summed E-state index contributed by atoms with van der Waals surface area (Å²) in [5, 5.41) is 20.2. The number of fused-ring (bicyclic) bond motifs is 1. The fourth-order valence-corrected chi connectivity index (χ4v) is 2.38. The van der Waals surface area contributed by atoms with E-state index >= 15 is 0 Å². The van der Waals surface area contributed by atoms with Crippen LogP contribution in [0.25, 0.3) is 10.9 Å². The first kappa shape index (κ1) is 15.3. The minimum atomic E-state index is -0.103. The topological polar surface area (TPSA) is 56.9 Å². The summed E-state index contributed by atoms with van der Waals surface area (Å²) in [5.74, 6) is 0.0700. The Kier molecular flexibility index (Phi) is 3.45. The number of phenols is 1. The maximum absolute atomic E-state index is 10.2. The lowest BCUT2D eigenvalue weighted by Crippen LogP contribution is -2.18. The van der Waals surface area contributed by atoms with Crippen LogP contribution in [0.4, 0.5) is 0 Å². The number of pyridine rings is 1. The van der Waals surface area contributed by atoms with Crippen LogP contribution in [-0.2, 0) is 10.8 Å². The molecule has 110 valence electrons. The molecule has 0 aliphatic carbocycles. The number of aromatic nitrogens is 1. The molecule has 0 aliphatic rings. The van der Waals surface area contributed by atoms with E-state index in [9.17, 15) is 5.11 Å². The van der Waals surface area contributed by atoms with Crippen LogP contribution >= 0.6 is 0 Å². The zero-order chi connectivity index (χ0) is 16.0. The number of phenolic OH excluding ortho intramolecular Hbond substituents is 1. The van der Waals surface area contributed by atoms with Gasteiger partial charge >= 0.3 is 0 Å². The fraction of sp³-hybridized carbons (Fsp3) is 0.444. The highest BCUT2D eigenvalue weighted by atomic mass is 16.3. The molecule has 2 rings (SSSR count). The molecule has 0 radical (unpaired) electrons. The predicted molar refractivity (Wildman–Crippen MR) is 85.5 cm³/mol. The number of rotatable bonds is 0. The lowest BCUT2D eigenvalue weighted by Gasteiger charge is -2.26. The van der Waals surface area contributed by atoms with Gasteiger partial charge in [0.1, 0.15) is 11.3 Å². The molecule has 0 bridgehead atoms. The van der Waals surface area contributed by atoms with Crippen LogP contribution < -0.4 is 0 Å². The summed E-state index contributed by atoms with van der Waals surface area (Å²) in [4.78, 5) is 4.64. The number of aromatic hydroxyl groups is 1. The quantitative estimate of drug-likeness (QED) is 0.778. The van der Waals surface area contributed by atoms with E-state index in [2.05, 4.69) is 58.7 Å². The zero-order valence-electron chi connectivity index (χ0n) is 13.6. The van der Waals surface area contributed by atoms with Gasteiger partial charge in [0.25, 0.3) is 0 Å². The number of benzene rings is 1. The van der Waals surface area contributed by atoms with E-state index in [4.69, 9.17) is 5.26 Å². The highest BCUT2D eigenvalue weighted by Gasteiger charge is 2.24. The van der Waals surface area contributed by atoms with Gasteiger partial charge in [-0.25, -0.2) is 4.98 Å². The van der Waals surface area contributed by atoms with Gasteiger partial charge in [-0.1, -0.05) is 41.5 Å². The van der Waals surface area contributed by atoms with Crippen LogP contribution in [0.5, 0.6) is 5.75 Å². The third-order valence-electron chi connectivity index (χ3n) is 3.60. The lowest BCUT2D eigenvalue weighted by atomic mass is 9.81. The molecular formula is C18H22N2O. The van der Waals surface area contributed by atoms with Crippen LogP contribution in [0.15, 0.2) is 18.2 Å². The van der Waals surface area contributed by atoms with Gasteiger partial charge in [-0.15, -0.1) is 0 Å². The van der Waals surface area contributed by atoms with Gasteiger partial charge in [0.05, 0.1) is 11.6 Å². The van der Waals surface area contributed by atoms with E-state index in [0.717, 1.165) is 16.6 Å². The van der Waals surface area contributed by atoms with Crippen LogP contribution in [0.2, 0.25) is 0 Å². The van der Waals surface area contributed by atoms with Crippen molar-refractivity contribution in [3.05, 3.63) is 35.0 Å². The first-order valence-electron chi connectivity index (χ1n) is 7.13. The molecule has 0 spiro atoms. The van der Waals surface area contributed by atoms with Crippen molar-refractivity contribution in [2.75, 3.05) is 0 Å². The molecule has 1 heterocycles. The van der Waals surface area contributed by atoms with E-state index in [-0.39, 0.29) is 16.6 Å². The number of nitriles is 1. The Hall–Kier alpha value is -2.08. The molecule has 1 aromatic carbocycles. The van der Waals surface area contributed by atoms with Gasteiger partial charge in [-0.2, -0.15) is 5.26 Å². The first-order valence-corrected chi connectivity index (χ1v) is 7.13. The molecule has 0 saturated heterocycles. The van der Waals surface area contributed by atoms with Crippen molar-refractivity contribution in [2.24, 2.45) is 0 Å². The Balaban J connectivity index is 2.96. The van der Waals surface area contributed by atoms with Crippen LogP contribution in [-0.4, -0.2) is 10.1 Å². The van der Waals surface area contributed by atoms with Gasteiger partial charge in [0.15, 0.2) is 0 Å².